The lowest BCUT2D eigenvalue weighted by Crippen LogP contribution is -2.23. The second kappa shape index (κ2) is 7.48. The van der Waals surface area contributed by atoms with Crippen LogP contribution in [0.25, 0.3) is 10.8 Å². The molecule has 0 heterocycles. The number of hydrogen-bond donors (Lipinski definition) is 1. The second-order valence-electron chi connectivity index (χ2n) is 6.56. The number of hydrogen-bond acceptors (Lipinski definition) is 3. The Balaban J connectivity index is 1.83. The molecule has 0 atom stereocenters. The average Bonchev–Trinajstić information content (AvgIpc) is 2.65. The summed E-state index contributed by atoms with van der Waals surface area (Å²) in [6.45, 7) is 4.27. The third-order valence-electron chi connectivity index (χ3n) is 4.41. The summed E-state index contributed by atoms with van der Waals surface area (Å²) in [6.07, 6.45) is 0. The minimum Gasteiger partial charge on any atom is -0.496 e. The van der Waals surface area contributed by atoms with Crippen LogP contribution in [0.15, 0.2) is 65.6 Å². The molecule has 1 N–H and O–H groups in total. The van der Waals surface area contributed by atoms with Gasteiger partial charge in [0.1, 0.15) is 5.75 Å². The van der Waals surface area contributed by atoms with E-state index in [0.717, 1.165) is 21.9 Å². The van der Waals surface area contributed by atoms with Crippen molar-refractivity contribution in [1.82, 2.24) is 4.72 Å². The van der Waals surface area contributed by atoms with Gasteiger partial charge in [-0.2, -0.15) is 0 Å². The molecular formula is C21H23NO3S. The van der Waals surface area contributed by atoms with E-state index in [1.165, 1.54) is 0 Å². The smallest absolute Gasteiger partial charge is 0.240 e. The Morgan fingerprint density at radius 2 is 1.69 bits per heavy atom. The maximum atomic E-state index is 12.7. The van der Waals surface area contributed by atoms with Gasteiger partial charge in [-0.1, -0.05) is 50.2 Å². The first-order chi connectivity index (χ1) is 12.4. The van der Waals surface area contributed by atoms with Crippen molar-refractivity contribution in [2.24, 2.45) is 0 Å². The van der Waals surface area contributed by atoms with Gasteiger partial charge in [0, 0.05) is 6.54 Å². The molecule has 0 amide bonds. The SMILES string of the molecule is COc1ccc(S(=O)(=O)NCc2ccc3ccccc3c2)cc1C(C)C. The summed E-state index contributed by atoms with van der Waals surface area (Å²) < 4.78 is 33.4. The number of methoxy groups -OCH3 is 1. The second-order valence-corrected chi connectivity index (χ2v) is 8.33. The molecule has 4 nitrogen and oxygen atoms in total. The highest BCUT2D eigenvalue weighted by Gasteiger charge is 2.17. The molecule has 0 unspecified atom stereocenters. The summed E-state index contributed by atoms with van der Waals surface area (Å²) in [6, 6.07) is 18.9. The van der Waals surface area contributed by atoms with Gasteiger partial charge in [0.25, 0.3) is 0 Å². The molecule has 3 aromatic rings. The van der Waals surface area contributed by atoms with E-state index in [9.17, 15) is 8.42 Å². The van der Waals surface area contributed by atoms with E-state index in [0.29, 0.717) is 5.75 Å². The van der Waals surface area contributed by atoms with Crippen LogP contribution >= 0.6 is 0 Å². The van der Waals surface area contributed by atoms with Crippen LogP contribution in [-0.4, -0.2) is 15.5 Å². The Morgan fingerprint density at radius 3 is 2.38 bits per heavy atom. The molecule has 136 valence electrons. The number of nitrogens with one attached hydrogen (secondary N) is 1. The minimum atomic E-state index is -3.60. The fourth-order valence-corrected chi connectivity index (χ4v) is 3.99. The number of fused-ring (bicyclic) bond motifs is 1. The number of benzene rings is 3. The molecule has 0 spiro atoms. The van der Waals surface area contributed by atoms with E-state index in [1.54, 1.807) is 25.3 Å². The zero-order valence-corrected chi connectivity index (χ0v) is 16.0. The first kappa shape index (κ1) is 18.4. The van der Waals surface area contributed by atoms with Crippen molar-refractivity contribution in [2.45, 2.75) is 31.2 Å². The van der Waals surface area contributed by atoms with E-state index < -0.39 is 10.0 Å². The van der Waals surface area contributed by atoms with Crippen molar-refractivity contribution < 1.29 is 13.2 Å². The molecule has 5 heteroatoms. The van der Waals surface area contributed by atoms with Gasteiger partial charge < -0.3 is 4.74 Å². The average molecular weight is 369 g/mol. The van der Waals surface area contributed by atoms with Gasteiger partial charge in [-0.05, 0) is 52.1 Å². The molecule has 0 fully saturated rings. The normalized spacial score (nSPS) is 11.8. The van der Waals surface area contributed by atoms with Crippen LogP contribution < -0.4 is 9.46 Å². The molecule has 3 rings (SSSR count). The lowest BCUT2D eigenvalue weighted by atomic mass is 10.0. The monoisotopic (exact) mass is 369 g/mol. The molecule has 0 aliphatic heterocycles. The van der Waals surface area contributed by atoms with Gasteiger partial charge in [0.2, 0.25) is 10.0 Å². The molecule has 3 aromatic carbocycles. The van der Waals surface area contributed by atoms with Crippen LogP contribution in [-0.2, 0) is 16.6 Å². The summed E-state index contributed by atoms with van der Waals surface area (Å²) in [5, 5.41) is 2.23. The first-order valence-electron chi connectivity index (χ1n) is 8.56. The Morgan fingerprint density at radius 1 is 0.962 bits per heavy atom. The van der Waals surface area contributed by atoms with Crippen LogP contribution in [0.5, 0.6) is 5.75 Å². The van der Waals surface area contributed by atoms with Crippen LogP contribution in [0, 0.1) is 0 Å². The summed E-state index contributed by atoms with van der Waals surface area (Å²) in [5.41, 5.74) is 1.80. The van der Waals surface area contributed by atoms with Crippen LogP contribution in [0.2, 0.25) is 0 Å². The van der Waals surface area contributed by atoms with Crippen molar-refractivity contribution >= 4 is 20.8 Å². The lowest BCUT2D eigenvalue weighted by Gasteiger charge is -2.14. The van der Waals surface area contributed by atoms with Gasteiger partial charge in [-0.15, -0.1) is 0 Å². The molecule has 0 aliphatic carbocycles. The van der Waals surface area contributed by atoms with E-state index in [4.69, 9.17) is 4.74 Å². The van der Waals surface area contributed by atoms with Gasteiger partial charge in [0.15, 0.2) is 0 Å². The van der Waals surface area contributed by atoms with Gasteiger partial charge >= 0.3 is 0 Å². The van der Waals surface area contributed by atoms with Crippen molar-refractivity contribution in [3.63, 3.8) is 0 Å². The third kappa shape index (κ3) is 3.89. The molecule has 0 aliphatic rings. The molecule has 0 saturated heterocycles. The molecule has 26 heavy (non-hydrogen) atoms. The molecule has 0 aromatic heterocycles. The fourth-order valence-electron chi connectivity index (χ4n) is 2.94. The van der Waals surface area contributed by atoms with Crippen LogP contribution in [0.3, 0.4) is 0 Å². The van der Waals surface area contributed by atoms with Crippen molar-refractivity contribution in [3.8, 4) is 5.75 Å². The van der Waals surface area contributed by atoms with Gasteiger partial charge in [-0.3, -0.25) is 0 Å². The number of rotatable bonds is 6. The van der Waals surface area contributed by atoms with Crippen molar-refractivity contribution in [1.29, 1.82) is 0 Å². The lowest BCUT2D eigenvalue weighted by molar-refractivity contribution is 0.407. The van der Waals surface area contributed by atoms with Crippen LogP contribution in [0.1, 0.15) is 30.9 Å². The number of ether oxygens (including phenoxy) is 1. The zero-order valence-electron chi connectivity index (χ0n) is 15.2. The Hall–Kier alpha value is -2.37. The predicted octanol–water partition coefficient (Wildman–Crippen LogP) is 4.45. The highest BCUT2D eigenvalue weighted by atomic mass is 32.2. The molecular weight excluding hydrogens is 346 g/mol. The van der Waals surface area contributed by atoms with E-state index in [1.807, 2.05) is 56.3 Å². The van der Waals surface area contributed by atoms with Crippen molar-refractivity contribution in [2.75, 3.05) is 7.11 Å². The summed E-state index contributed by atoms with van der Waals surface area (Å²) in [4.78, 5) is 0.253. The summed E-state index contributed by atoms with van der Waals surface area (Å²) >= 11 is 0. The highest BCUT2D eigenvalue weighted by molar-refractivity contribution is 7.89. The topological polar surface area (TPSA) is 55.4 Å². The van der Waals surface area contributed by atoms with Gasteiger partial charge in [-0.25, -0.2) is 13.1 Å². The maximum absolute atomic E-state index is 12.7. The van der Waals surface area contributed by atoms with E-state index >= 15 is 0 Å². The number of sulfonamides is 1. The Labute approximate surface area is 154 Å². The minimum absolute atomic E-state index is 0.167. The third-order valence-corrected chi connectivity index (χ3v) is 5.81. The first-order valence-corrected chi connectivity index (χ1v) is 10.0. The summed E-state index contributed by atoms with van der Waals surface area (Å²) in [7, 11) is -2.01. The quantitative estimate of drug-likeness (QED) is 0.698. The van der Waals surface area contributed by atoms with E-state index in [-0.39, 0.29) is 17.4 Å². The Bertz CT molecular complexity index is 1030. The van der Waals surface area contributed by atoms with Gasteiger partial charge in [0.05, 0.1) is 12.0 Å². The van der Waals surface area contributed by atoms with Crippen LogP contribution in [0.4, 0.5) is 0 Å². The van der Waals surface area contributed by atoms with Crippen molar-refractivity contribution in [3.05, 3.63) is 71.8 Å². The zero-order chi connectivity index (χ0) is 18.7. The standard InChI is InChI=1S/C21H23NO3S/c1-15(2)20-13-19(10-11-21(20)25-3)26(23,24)22-14-16-8-9-17-6-4-5-7-18(17)12-16/h4-13,15,22H,14H2,1-3H3. The predicted molar refractivity (Wildman–Crippen MR) is 105 cm³/mol. The van der Waals surface area contributed by atoms with E-state index in [2.05, 4.69) is 4.72 Å². The Kier molecular flexibility index (Phi) is 5.30. The molecule has 0 saturated carbocycles. The molecule has 0 radical (unpaired) electrons. The maximum Gasteiger partial charge on any atom is 0.240 e. The highest BCUT2D eigenvalue weighted by Crippen LogP contribution is 2.29. The fraction of sp³-hybridized carbons (Fsp3) is 0.238. The summed E-state index contributed by atoms with van der Waals surface area (Å²) in [5.74, 6) is 0.870. The largest absolute Gasteiger partial charge is 0.496 e. The molecule has 0 bridgehead atoms.